The summed E-state index contributed by atoms with van der Waals surface area (Å²) >= 11 is 0. The minimum atomic E-state index is 0.284. The molecule has 2 heteroatoms. The summed E-state index contributed by atoms with van der Waals surface area (Å²) in [5.41, 5.74) is 0. The zero-order valence-electron chi connectivity index (χ0n) is 10.1. The van der Waals surface area contributed by atoms with Crippen LogP contribution in [0.5, 0.6) is 0 Å². The molecule has 0 rings (SSSR count). The van der Waals surface area contributed by atoms with Crippen molar-refractivity contribution < 1.29 is 4.74 Å². The average Bonchev–Trinajstić information content (AvgIpc) is 2.18. The summed E-state index contributed by atoms with van der Waals surface area (Å²) in [6.07, 6.45) is 7.75. The van der Waals surface area contributed by atoms with Crippen molar-refractivity contribution in [2.75, 3.05) is 13.2 Å². The van der Waals surface area contributed by atoms with Crippen molar-refractivity contribution in [2.45, 2.75) is 65.5 Å². The summed E-state index contributed by atoms with van der Waals surface area (Å²) in [5, 5.41) is 3.35. The Balaban J connectivity index is 3.30. The van der Waals surface area contributed by atoms with E-state index in [0.29, 0.717) is 0 Å². The van der Waals surface area contributed by atoms with Crippen LogP contribution in [0.2, 0.25) is 0 Å². The Hall–Kier alpha value is -0.0800. The van der Waals surface area contributed by atoms with Crippen molar-refractivity contribution in [3.05, 3.63) is 0 Å². The van der Waals surface area contributed by atoms with E-state index in [1.807, 2.05) is 0 Å². The number of ether oxygens (including phenoxy) is 1. The number of rotatable bonds is 10. The van der Waals surface area contributed by atoms with Gasteiger partial charge in [0.2, 0.25) is 0 Å². The van der Waals surface area contributed by atoms with Crippen LogP contribution in [0.1, 0.15) is 59.3 Å². The van der Waals surface area contributed by atoms with Crippen LogP contribution in [0.3, 0.4) is 0 Å². The smallest absolute Gasteiger partial charge is 0.108 e. The van der Waals surface area contributed by atoms with Crippen LogP contribution in [0, 0.1) is 0 Å². The van der Waals surface area contributed by atoms with E-state index in [9.17, 15) is 0 Å². The van der Waals surface area contributed by atoms with Gasteiger partial charge >= 0.3 is 0 Å². The number of hydrogen-bond acceptors (Lipinski definition) is 2. The molecule has 0 bridgehead atoms. The van der Waals surface area contributed by atoms with Crippen LogP contribution >= 0.6 is 0 Å². The first kappa shape index (κ1) is 13.9. The first-order valence-corrected chi connectivity index (χ1v) is 6.20. The lowest BCUT2D eigenvalue weighted by Gasteiger charge is -2.17. The largest absolute Gasteiger partial charge is 0.363 e. The van der Waals surface area contributed by atoms with Crippen LogP contribution in [0.25, 0.3) is 0 Å². The van der Waals surface area contributed by atoms with Crippen molar-refractivity contribution >= 4 is 0 Å². The maximum absolute atomic E-state index is 5.76. The van der Waals surface area contributed by atoms with Crippen molar-refractivity contribution in [1.29, 1.82) is 0 Å². The first-order valence-electron chi connectivity index (χ1n) is 6.20. The predicted molar refractivity (Wildman–Crippen MR) is 62.5 cm³/mol. The van der Waals surface area contributed by atoms with Crippen LogP contribution in [-0.4, -0.2) is 19.4 Å². The molecule has 0 radical (unpaired) electrons. The normalized spacial score (nSPS) is 13.1. The monoisotopic (exact) mass is 201 g/mol. The molecule has 0 aliphatic heterocycles. The molecule has 0 aromatic carbocycles. The fourth-order valence-corrected chi connectivity index (χ4v) is 1.49. The Morgan fingerprint density at radius 3 is 2.36 bits per heavy atom. The van der Waals surface area contributed by atoms with Crippen LogP contribution in [0.4, 0.5) is 0 Å². The van der Waals surface area contributed by atoms with Crippen molar-refractivity contribution in [2.24, 2.45) is 0 Å². The van der Waals surface area contributed by atoms with E-state index in [1.54, 1.807) is 0 Å². The molecule has 14 heavy (non-hydrogen) atoms. The summed E-state index contributed by atoms with van der Waals surface area (Å²) in [5.74, 6) is 0. The Labute approximate surface area is 89.4 Å². The van der Waals surface area contributed by atoms with Crippen molar-refractivity contribution in [1.82, 2.24) is 5.32 Å². The van der Waals surface area contributed by atoms with E-state index >= 15 is 0 Å². The minimum absolute atomic E-state index is 0.284. The summed E-state index contributed by atoms with van der Waals surface area (Å²) in [4.78, 5) is 0. The summed E-state index contributed by atoms with van der Waals surface area (Å²) < 4.78 is 5.76. The van der Waals surface area contributed by atoms with Gasteiger partial charge in [-0.15, -0.1) is 0 Å². The van der Waals surface area contributed by atoms with Crippen molar-refractivity contribution in [3.63, 3.8) is 0 Å². The molecule has 1 atom stereocenters. The van der Waals surface area contributed by atoms with Crippen molar-refractivity contribution in [3.8, 4) is 0 Å². The maximum Gasteiger partial charge on any atom is 0.108 e. The molecule has 0 aliphatic rings. The number of hydrogen-bond donors (Lipinski definition) is 1. The van der Waals surface area contributed by atoms with Gasteiger partial charge in [0.05, 0.1) is 0 Å². The minimum Gasteiger partial charge on any atom is -0.363 e. The topological polar surface area (TPSA) is 21.3 Å². The van der Waals surface area contributed by atoms with Gasteiger partial charge in [-0.25, -0.2) is 0 Å². The number of nitrogens with one attached hydrogen (secondary N) is 1. The predicted octanol–water partition coefficient (Wildman–Crippen LogP) is 3.32. The lowest BCUT2D eigenvalue weighted by molar-refractivity contribution is 0.0226. The average molecular weight is 201 g/mol. The fourth-order valence-electron chi connectivity index (χ4n) is 1.49. The van der Waals surface area contributed by atoms with Gasteiger partial charge < -0.3 is 4.74 Å². The van der Waals surface area contributed by atoms with Gasteiger partial charge in [0.1, 0.15) is 6.23 Å². The summed E-state index contributed by atoms with van der Waals surface area (Å²) in [6.45, 7) is 8.48. The fraction of sp³-hybridized carbons (Fsp3) is 1.00. The summed E-state index contributed by atoms with van der Waals surface area (Å²) in [6, 6.07) is 0. The molecule has 0 saturated heterocycles. The Kier molecular flexibility index (Phi) is 10.9. The van der Waals surface area contributed by atoms with Gasteiger partial charge in [-0.1, -0.05) is 46.5 Å². The highest BCUT2D eigenvalue weighted by Gasteiger charge is 2.04. The van der Waals surface area contributed by atoms with Gasteiger partial charge in [-0.3, -0.25) is 5.32 Å². The zero-order chi connectivity index (χ0) is 10.6. The molecule has 0 amide bonds. The maximum atomic E-state index is 5.76. The number of unbranched alkanes of at least 4 members (excludes halogenated alkanes) is 3. The van der Waals surface area contributed by atoms with E-state index in [2.05, 4.69) is 26.1 Å². The first-order chi connectivity index (χ1) is 6.85. The Morgan fingerprint density at radius 2 is 1.79 bits per heavy atom. The third kappa shape index (κ3) is 8.52. The van der Waals surface area contributed by atoms with Gasteiger partial charge in [0, 0.05) is 6.61 Å². The lowest BCUT2D eigenvalue weighted by Crippen LogP contribution is -2.31. The van der Waals surface area contributed by atoms with E-state index in [-0.39, 0.29) is 6.23 Å². The molecule has 0 aromatic rings. The highest BCUT2D eigenvalue weighted by molar-refractivity contribution is 4.53. The van der Waals surface area contributed by atoms with E-state index in [0.717, 1.165) is 19.6 Å². The molecular formula is C12H27NO. The van der Waals surface area contributed by atoms with Gasteiger partial charge in [-0.2, -0.15) is 0 Å². The SMILES string of the molecule is CCCCCCOC(CCC)NCC. The molecule has 0 heterocycles. The summed E-state index contributed by atoms with van der Waals surface area (Å²) in [7, 11) is 0. The van der Waals surface area contributed by atoms with E-state index < -0.39 is 0 Å². The second-order valence-electron chi connectivity index (χ2n) is 3.77. The van der Waals surface area contributed by atoms with Gasteiger partial charge in [0.25, 0.3) is 0 Å². The Morgan fingerprint density at radius 1 is 1.00 bits per heavy atom. The molecule has 0 aliphatic carbocycles. The second kappa shape index (κ2) is 11.0. The highest BCUT2D eigenvalue weighted by atomic mass is 16.5. The standard InChI is InChI=1S/C12H27NO/c1-4-7-8-9-11-14-12(10-5-2)13-6-3/h12-13H,4-11H2,1-3H3. The highest BCUT2D eigenvalue weighted by Crippen LogP contribution is 2.03. The van der Waals surface area contributed by atoms with Crippen LogP contribution < -0.4 is 5.32 Å². The van der Waals surface area contributed by atoms with E-state index in [1.165, 1.54) is 32.1 Å². The second-order valence-corrected chi connectivity index (χ2v) is 3.77. The zero-order valence-corrected chi connectivity index (χ0v) is 10.1. The molecule has 0 aromatic heterocycles. The van der Waals surface area contributed by atoms with E-state index in [4.69, 9.17) is 4.74 Å². The van der Waals surface area contributed by atoms with Crippen LogP contribution in [0.15, 0.2) is 0 Å². The molecule has 2 nitrogen and oxygen atoms in total. The lowest BCUT2D eigenvalue weighted by atomic mass is 10.2. The molecule has 86 valence electrons. The molecule has 0 spiro atoms. The molecule has 0 saturated carbocycles. The molecule has 0 fully saturated rings. The Bertz CT molecular complexity index is 100. The van der Waals surface area contributed by atoms with Gasteiger partial charge in [0.15, 0.2) is 0 Å². The molecule has 1 unspecified atom stereocenters. The van der Waals surface area contributed by atoms with Crippen LogP contribution in [-0.2, 0) is 4.74 Å². The quantitative estimate of drug-likeness (QED) is 0.432. The van der Waals surface area contributed by atoms with Gasteiger partial charge in [-0.05, 0) is 19.4 Å². The molecular weight excluding hydrogens is 174 g/mol. The third-order valence-corrected chi connectivity index (χ3v) is 2.30. The third-order valence-electron chi connectivity index (χ3n) is 2.30. The molecule has 1 N–H and O–H groups in total.